The van der Waals surface area contributed by atoms with Crippen LogP contribution in [0.25, 0.3) is 0 Å². The first-order chi connectivity index (χ1) is 15.6. The summed E-state index contributed by atoms with van der Waals surface area (Å²) in [5, 5.41) is 11.7. The molecule has 0 spiro atoms. The second kappa shape index (κ2) is 8.77. The molecule has 0 aromatic rings. The third-order valence-corrected chi connectivity index (χ3v) is 12.3. The van der Waals surface area contributed by atoms with E-state index in [2.05, 4.69) is 34.6 Å². The standard InChI is InChI=1S/C30H52O3/c1-19-11-14-28(4)22(17-19)7-8-23-24-9-10-26-27(29(24,5)15-13-25(23)28)21(3)30(31,33-26)16-12-20(2)18-32-6/h19-27,31H,7-18H2,1-6H3/t19-,20-,21?,22+,23?,24?,25?,26?,27?,28-,29-,30+/m0/s1. The maximum atomic E-state index is 11.7. The quantitative estimate of drug-likeness (QED) is 0.477. The number of methoxy groups -OCH3 is 1. The van der Waals surface area contributed by atoms with Gasteiger partial charge in [-0.05, 0) is 110 Å². The van der Waals surface area contributed by atoms with E-state index in [-0.39, 0.29) is 12.0 Å². The highest BCUT2D eigenvalue weighted by atomic mass is 16.6. The van der Waals surface area contributed by atoms with Gasteiger partial charge in [0.2, 0.25) is 0 Å². The Morgan fingerprint density at radius 2 is 1.70 bits per heavy atom. The molecule has 5 rings (SSSR count). The van der Waals surface area contributed by atoms with Crippen LogP contribution in [0.1, 0.15) is 105 Å². The molecule has 0 aromatic carbocycles. The molecule has 5 aliphatic rings. The van der Waals surface area contributed by atoms with Gasteiger partial charge in [-0.3, -0.25) is 0 Å². The molecule has 0 radical (unpaired) electrons. The van der Waals surface area contributed by atoms with Crippen LogP contribution in [0.4, 0.5) is 0 Å². The first-order valence-electron chi connectivity index (χ1n) is 14.5. The van der Waals surface area contributed by atoms with Crippen molar-refractivity contribution in [3.63, 3.8) is 0 Å². The van der Waals surface area contributed by atoms with E-state index in [0.29, 0.717) is 22.7 Å². The maximum absolute atomic E-state index is 11.7. The van der Waals surface area contributed by atoms with E-state index in [9.17, 15) is 5.11 Å². The van der Waals surface area contributed by atoms with Crippen molar-refractivity contribution in [2.75, 3.05) is 13.7 Å². The van der Waals surface area contributed by atoms with Crippen LogP contribution in [0.3, 0.4) is 0 Å². The van der Waals surface area contributed by atoms with Crippen molar-refractivity contribution < 1.29 is 14.6 Å². The van der Waals surface area contributed by atoms with Crippen molar-refractivity contribution >= 4 is 0 Å². The third kappa shape index (κ3) is 3.86. The Kier molecular flexibility index (Phi) is 6.53. The predicted octanol–water partition coefficient (Wildman–Crippen LogP) is 7.07. The summed E-state index contributed by atoms with van der Waals surface area (Å²) in [6.45, 7) is 13.1. The molecule has 4 saturated carbocycles. The van der Waals surface area contributed by atoms with Crippen LogP contribution in [0.5, 0.6) is 0 Å². The summed E-state index contributed by atoms with van der Waals surface area (Å²) < 4.78 is 11.9. The number of hydrogen-bond donors (Lipinski definition) is 1. The highest BCUT2D eigenvalue weighted by Crippen LogP contribution is 2.69. The zero-order valence-corrected chi connectivity index (χ0v) is 22.4. The van der Waals surface area contributed by atoms with Gasteiger partial charge in [0.1, 0.15) is 0 Å². The number of fused-ring (bicyclic) bond motifs is 7. The first kappa shape index (κ1) is 24.6. The molecule has 1 aliphatic heterocycles. The Balaban J connectivity index is 1.34. The molecule has 190 valence electrons. The smallest absolute Gasteiger partial charge is 0.168 e. The number of aliphatic hydroxyl groups is 1. The molecule has 6 unspecified atom stereocenters. The zero-order chi connectivity index (χ0) is 23.6. The molecular formula is C30H52O3. The highest BCUT2D eigenvalue weighted by molar-refractivity contribution is 5.12. The number of hydrogen-bond acceptors (Lipinski definition) is 3. The summed E-state index contributed by atoms with van der Waals surface area (Å²) in [5.74, 6) is 4.82. The van der Waals surface area contributed by atoms with E-state index >= 15 is 0 Å². The van der Waals surface area contributed by atoms with Gasteiger partial charge in [-0.2, -0.15) is 0 Å². The van der Waals surface area contributed by atoms with E-state index in [1.807, 2.05) is 0 Å². The van der Waals surface area contributed by atoms with Gasteiger partial charge in [-0.25, -0.2) is 0 Å². The molecule has 4 aliphatic carbocycles. The molecule has 33 heavy (non-hydrogen) atoms. The average Bonchev–Trinajstić information content (AvgIpc) is 3.04. The van der Waals surface area contributed by atoms with Gasteiger partial charge >= 0.3 is 0 Å². The molecule has 3 nitrogen and oxygen atoms in total. The van der Waals surface area contributed by atoms with Gasteiger partial charge in [-0.1, -0.05) is 41.0 Å². The van der Waals surface area contributed by atoms with Crippen molar-refractivity contribution in [2.45, 2.75) is 117 Å². The monoisotopic (exact) mass is 460 g/mol. The molecule has 1 heterocycles. The van der Waals surface area contributed by atoms with Crippen molar-refractivity contribution in [3.8, 4) is 0 Å². The van der Waals surface area contributed by atoms with Crippen LogP contribution in [0.2, 0.25) is 0 Å². The van der Waals surface area contributed by atoms with Gasteiger partial charge in [0.05, 0.1) is 6.10 Å². The van der Waals surface area contributed by atoms with E-state index in [4.69, 9.17) is 9.47 Å². The Morgan fingerprint density at radius 1 is 0.970 bits per heavy atom. The molecular weight excluding hydrogens is 408 g/mol. The van der Waals surface area contributed by atoms with Crippen molar-refractivity contribution in [3.05, 3.63) is 0 Å². The molecule has 0 bridgehead atoms. The van der Waals surface area contributed by atoms with E-state index in [1.54, 1.807) is 7.11 Å². The molecule has 0 aromatic heterocycles. The first-order valence-corrected chi connectivity index (χ1v) is 14.5. The fourth-order valence-electron chi connectivity index (χ4n) is 10.5. The lowest BCUT2D eigenvalue weighted by Crippen LogP contribution is -2.58. The van der Waals surface area contributed by atoms with Crippen LogP contribution in [-0.2, 0) is 9.47 Å². The van der Waals surface area contributed by atoms with Crippen molar-refractivity contribution in [1.29, 1.82) is 0 Å². The fraction of sp³-hybridized carbons (Fsp3) is 1.00. The second-order valence-corrected chi connectivity index (χ2v) is 14.1. The third-order valence-electron chi connectivity index (χ3n) is 12.3. The molecule has 12 atom stereocenters. The minimum atomic E-state index is -0.949. The number of ether oxygens (including phenoxy) is 2. The molecule has 0 amide bonds. The van der Waals surface area contributed by atoms with Gasteiger partial charge < -0.3 is 14.6 Å². The lowest BCUT2D eigenvalue weighted by molar-refractivity contribution is -0.218. The Bertz CT molecular complexity index is 709. The normalized spacial score (nSPS) is 54.6. The summed E-state index contributed by atoms with van der Waals surface area (Å²) in [5.41, 5.74) is 0.918. The molecule has 5 fully saturated rings. The lowest BCUT2D eigenvalue weighted by Gasteiger charge is -2.64. The molecule has 3 heteroatoms. The van der Waals surface area contributed by atoms with Crippen LogP contribution < -0.4 is 0 Å². The van der Waals surface area contributed by atoms with Gasteiger partial charge in [-0.15, -0.1) is 0 Å². The topological polar surface area (TPSA) is 38.7 Å². The van der Waals surface area contributed by atoms with Crippen LogP contribution in [0, 0.1) is 58.2 Å². The average molecular weight is 461 g/mol. The van der Waals surface area contributed by atoms with Gasteiger partial charge in [0.25, 0.3) is 0 Å². The highest BCUT2D eigenvalue weighted by Gasteiger charge is 2.65. The summed E-state index contributed by atoms with van der Waals surface area (Å²) >= 11 is 0. The Hall–Kier alpha value is -0.120. The SMILES string of the molecule is COC[C@@H](C)CC[C@@]1(O)OC2CCC3C4CC[C@@H]5C[C@@H](C)CC[C@]5(C)C4CC[C@]3(C)C2C1C. The summed E-state index contributed by atoms with van der Waals surface area (Å²) in [6, 6.07) is 0. The van der Waals surface area contributed by atoms with Gasteiger partial charge in [0, 0.05) is 26.1 Å². The summed E-state index contributed by atoms with van der Waals surface area (Å²) in [6.07, 6.45) is 14.5. The van der Waals surface area contributed by atoms with E-state index in [1.165, 1.54) is 51.4 Å². The van der Waals surface area contributed by atoms with Crippen LogP contribution >= 0.6 is 0 Å². The minimum Gasteiger partial charge on any atom is -0.384 e. The largest absolute Gasteiger partial charge is 0.384 e. The predicted molar refractivity (Wildman–Crippen MR) is 134 cm³/mol. The van der Waals surface area contributed by atoms with Crippen LogP contribution in [-0.4, -0.2) is 30.7 Å². The summed E-state index contributed by atoms with van der Waals surface area (Å²) in [4.78, 5) is 0. The summed E-state index contributed by atoms with van der Waals surface area (Å²) in [7, 11) is 1.77. The van der Waals surface area contributed by atoms with Crippen molar-refractivity contribution in [2.24, 2.45) is 58.2 Å². The minimum absolute atomic E-state index is 0.226. The lowest BCUT2D eigenvalue weighted by atomic mass is 9.40. The Labute approximate surface area is 203 Å². The molecule has 1 N–H and O–H groups in total. The fourth-order valence-corrected chi connectivity index (χ4v) is 10.5. The van der Waals surface area contributed by atoms with Crippen molar-refractivity contribution in [1.82, 2.24) is 0 Å². The Morgan fingerprint density at radius 3 is 2.45 bits per heavy atom. The maximum Gasteiger partial charge on any atom is 0.168 e. The molecule has 1 saturated heterocycles. The zero-order valence-electron chi connectivity index (χ0n) is 22.4. The van der Waals surface area contributed by atoms with E-state index in [0.717, 1.165) is 55.5 Å². The van der Waals surface area contributed by atoms with E-state index < -0.39 is 5.79 Å². The van der Waals surface area contributed by atoms with Gasteiger partial charge in [0.15, 0.2) is 5.79 Å². The van der Waals surface area contributed by atoms with Crippen LogP contribution in [0.15, 0.2) is 0 Å². The number of rotatable bonds is 5. The second-order valence-electron chi connectivity index (χ2n) is 14.1.